The molecule has 0 aromatic heterocycles. The van der Waals surface area contributed by atoms with E-state index in [1.165, 1.54) is 0 Å². The van der Waals surface area contributed by atoms with Crippen LogP contribution in [0.4, 0.5) is 0 Å². The molecule has 0 aliphatic heterocycles. The molecule has 0 spiro atoms. The molecule has 0 fully saturated rings. The Labute approximate surface area is 33.9 Å². The lowest BCUT2D eigenvalue weighted by atomic mass is 9.69. The highest BCUT2D eigenvalue weighted by Crippen LogP contribution is 1.59. The van der Waals surface area contributed by atoms with E-state index in [2.05, 4.69) is 12.1 Å². The SMILES string of the molecule is [CH2+][B-](C)NC. The molecule has 0 unspecified atom stereocenters. The van der Waals surface area contributed by atoms with Crippen LogP contribution in [-0.4, -0.2) is 13.9 Å². The minimum Gasteiger partial charge on any atom is -0.472 e. The molecular formula is C3H9BN. The second-order valence-corrected chi connectivity index (χ2v) is 1.19. The predicted molar refractivity (Wildman–Crippen MR) is 26.0 cm³/mol. The van der Waals surface area contributed by atoms with Crippen LogP contribution < -0.4 is 5.23 Å². The number of hydrogen-bond donors (Lipinski definition) is 1. The number of hydrogen-bond acceptors (Lipinski definition) is 1. The molecule has 1 N–H and O–H groups in total. The average molecular weight is 69.9 g/mol. The summed E-state index contributed by atoms with van der Waals surface area (Å²) in [6.45, 7) is 6.03. The van der Waals surface area contributed by atoms with E-state index in [9.17, 15) is 0 Å². The Hall–Kier alpha value is -0.105. The maximum Gasteiger partial charge on any atom is 0.177 e. The summed E-state index contributed by atoms with van der Waals surface area (Å²) in [4.78, 5) is 0. The summed E-state index contributed by atoms with van der Waals surface area (Å²) >= 11 is 0. The van der Waals surface area contributed by atoms with Crippen LogP contribution >= 0.6 is 0 Å². The van der Waals surface area contributed by atoms with Crippen molar-refractivity contribution in [3.8, 4) is 0 Å². The summed E-state index contributed by atoms with van der Waals surface area (Å²) in [5.74, 6) is 0. The van der Waals surface area contributed by atoms with Crippen molar-refractivity contribution in [2.75, 3.05) is 7.05 Å². The van der Waals surface area contributed by atoms with Crippen molar-refractivity contribution in [2.24, 2.45) is 0 Å². The van der Waals surface area contributed by atoms with Gasteiger partial charge in [-0.2, -0.15) is 6.82 Å². The van der Waals surface area contributed by atoms with Gasteiger partial charge in [-0.25, -0.2) is 0 Å². The summed E-state index contributed by atoms with van der Waals surface area (Å²) in [6.07, 6.45) is 0. The Morgan fingerprint density at radius 3 is 2.00 bits per heavy atom. The molecule has 0 aromatic carbocycles. The Morgan fingerprint density at radius 1 is 1.80 bits per heavy atom. The lowest BCUT2D eigenvalue weighted by Crippen LogP contribution is -2.22. The Bertz CT molecular complexity index is 20.9. The molecule has 0 saturated carbocycles. The highest BCUT2D eigenvalue weighted by Gasteiger charge is 1.79. The van der Waals surface area contributed by atoms with E-state index < -0.39 is 0 Å². The van der Waals surface area contributed by atoms with Crippen LogP contribution in [0.15, 0.2) is 0 Å². The zero-order valence-corrected chi connectivity index (χ0v) is 3.78. The fourth-order valence-corrected chi connectivity index (χ4v) is 0. The van der Waals surface area contributed by atoms with Crippen molar-refractivity contribution in [1.82, 2.24) is 5.23 Å². The molecule has 0 amide bonds. The average Bonchev–Trinajstić information content (AvgIpc) is 1.38. The van der Waals surface area contributed by atoms with Crippen molar-refractivity contribution in [2.45, 2.75) is 6.82 Å². The molecule has 2 heteroatoms. The van der Waals surface area contributed by atoms with Crippen LogP contribution in [0.1, 0.15) is 0 Å². The molecule has 0 aliphatic carbocycles. The van der Waals surface area contributed by atoms with Gasteiger partial charge in [0.2, 0.25) is 0 Å². The molecule has 5 heavy (non-hydrogen) atoms. The lowest BCUT2D eigenvalue weighted by molar-refractivity contribution is 1.22. The molecule has 1 nitrogen and oxygen atoms in total. The first-order valence-corrected chi connectivity index (χ1v) is 1.77. The van der Waals surface area contributed by atoms with Gasteiger partial charge in [-0.05, 0) is 0 Å². The zero-order chi connectivity index (χ0) is 4.28. The summed E-state index contributed by atoms with van der Waals surface area (Å²) in [5, 5.41) is 2.92. The number of rotatable bonds is 1. The van der Waals surface area contributed by atoms with Gasteiger partial charge in [0.05, 0.1) is 0 Å². The highest BCUT2D eigenvalue weighted by atomic mass is 14.7. The van der Waals surface area contributed by atoms with Crippen molar-refractivity contribution in [1.29, 1.82) is 0 Å². The summed E-state index contributed by atoms with van der Waals surface area (Å²) in [5.41, 5.74) is 0. The van der Waals surface area contributed by atoms with E-state index in [-0.39, 0.29) is 0 Å². The van der Waals surface area contributed by atoms with Gasteiger partial charge >= 0.3 is 0 Å². The molecule has 0 atom stereocenters. The van der Waals surface area contributed by atoms with Crippen molar-refractivity contribution in [3.63, 3.8) is 0 Å². The Morgan fingerprint density at radius 2 is 2.00 bits per heavy atom. The molecule has 0 saturated heterocycles. The minimum absolute atomic E-state index is 0.384. The van der Waals surface area contributed by atoms with Crippen LogP contribution in [0.25, 0.3) is 0 Å². The normalized spacial score (nSPS) is 9.40. The van der Waals surface area contributed by atoms with Gasteiger partial charge in [0.15, 0.2) is 6.85 Å². The van der Waals surface area contributed by atoms with Crippen LogP contribution in [0.5, 0.6) is 0 Å². The highest BCUT2D eigenvalue weighted by molar-refractivity contribution is 6.56. The monoisotopic (exact) mass is 70.1 g/mol. The minimum atomic E-state index is 0.384. The zero-order valence-electron chi connectivity index (χ0n) is 3.78. The molecular weight excluding hydrogens is 60.9 g/mol. The molecule has 0 rings (SSSR count). The first kappa shape index (κ1) is 4.89. The van der Waals surface area contributed by atoms with Crippen LogP contribution in [0, 0.1) is 6.82 Å². The molecule has 0 heterocycles. The Balaban J connectivity index is 2.54. The van der Waals surface area contributed by atoms with Crippen molar-refractivity contribution in [3.05, 3.63) is 6.82 Å². The molecule has 0 bridgehead atoms. The van der Waals surface area contributed by atoms with Gasteiger partial charge in [0.25, 0.3) is 0 Å². The fourth-order valence-electron chi connectivity index (χ4n) is 0. The quantitative estimate of drug-likeness (QED) is 0.343. The van der Waals surface area contributed by atoms with Crippen molar-refractivity contribution >= 4 is 6.85 Å². The second kappa shape index (κ2) is 2.15. The van der Waals surface area contributed by atoms with Crippen LogP contribution in [0.3, 0.4) is 0 Å². The topological polar surface area (TPSA) is 12.0 Å². The van der Waals surface area contributed by atoms with Gasteiger partial charge in [0, 0.05) is 0 Å². The Kier molecular flexibility index (Phi) is 2.11. The van der Waals surface area contributed by atoms with Gasteiger partial charge in [0.1, 0.15) is 0 Å². The third kappa shape index (κ3) is 3.89. The molecule has 29 valence electrons. The molecule has 0 aliphatic rings. The summed E-state index contributed by atoms with van der Waals surface area (Å²) < 4.78 is 0. The fraction of sp³-hybridized carbons (Fsp3) is 0.667. The van der Waals surface area contributed by atoms with E-state index in [1.54, 1.807) is 0 Å². The van der Waals surface area contributed by atoms with Crippen LogP contribution in [-0.2, 0) is 0 Å². The van der Waals surface area contributed by atoms with E-state index in [4.69, 9.17) is 0 Å². The largest absolute Gasteiger partial charge is 0.472 e. The van der Waals surface area contributed by atoms with E-state index in [1.807, 2.05) is 13.9 Å². The number of nitrogens with one attached hydrogen (secondary N) is 1. The van der Waals surface area contributed by atoms with Gasteiger partial charge in [-0.15, -0.1) is 6.82 Å². The standard InChI is InChI=1S/C3H9BN/c1-4(2)5-3/h5H,1H2,2-3H3. The van der Waals surface area contributed by atoms with Gasteiger partial charge < -0.3 is 5.23 Å². The van der Waals surface area contributed by atoms with Gasteiger partial charge in [-0.1, -0.05) is 7.05 Å². The third-order valence-electron chi connectivity index (χ3n) is 0.493. The first-order valence-electron chi connectivity index (χ1n) is 1.77. The molecule has 1 radical (unpaired) electrons. The maximum absolute atomic E-state index is 3.65. The summed E-state index contributed by atoms with van der Waals surface area (Å²) in [7, 11) is 1.89. The van der Waals surface area contributed by atoms with Crippen molar-refractivity contribution < 1.29 is 0 Å². The van der Waals surface area contributed by atoms with E-state index >= 15 is 0 Å². The van der Waals surface area contributed by atoms with E-state index in [0.29, 0.717) is 6.85 Å². The maximum atomic E-state index is 3.65. The smallest absolute Gasteiger partial charge is 0.177 e. The molecule has 0 aromatic rings. The summed E-state index contributed by atoms with van der Waals surface area (Å²) in [6, 6.07) is 0. The van der Waals surface area contributed by atoms with E-state index in [0.717, 1.165) is 0 Å². The van der Waals surface area contributed by atoms with Crippen LogP contribution in [0.2, 0.25) is 6.82 Å². The lowest BCUT2D eigenvalue weighted by Gasteiger charge is -1.96. The van der Waals surface area contributed by atoms with Gasteiger partial charge in [-0.3, -0.25) is 0 Å². The third-order valence-corrected chi connectivity index (χ3v) is 0.493. The second-order valence-electron chi connectivity index (χ2n) is 1.19. The predicted octanol–water partition coefficient (Wildman–Crippen LogP) is 0.200. The first-order chi connectivity index (χ1) is 2.27.